The molecule has 184 valence electrons. The number of hydrogen-bond donors (Lipinski definition) is 2. The molecule has 0 spiro atoms. The van der Waals surface area contributed by atoms with Gasteiger partial charge in [0.1, 0.15) is 0 Å². The number of likely N-dealkylation sites (tertiary alicyclic amines) is 1. The Kier molecular flexibility index (Phi) is 7.40. The first-order chi connectivity index (χ1) is 16.8. The predicted molar refractivity (Wildman–Crippen MR) is 133 cm³/mol. The zero-order valence-corrected chi connectivity index (χ0v) is 19.9. The van der Waals surface area contributed by atoms with Gasteiger partial charge in [-0.3, -0.25) is 29.3 Å². The van der Waals surface area contributed by atoms with Crippen molar-refractivity contribution in [3.8, 4) is 0 Å². The highest BCUT2D eigenvalue weighted by atomic mass is 16.6. The number of carbonyl (C=O) groups is 2. The van der Waals surface area contributed by atoms with Crippen molar-refractivity contribution in [2.24, 2.45) is 5.92 Å². The predicted octanol–water partition coefficient (Wildman–Crippen LogP) is 3.61. The Morgan fingerprint density at radius 1 is 1.11 bits per heavy atom. The van der Waals surface area contributed by atoms with Crippen molar-refractivity contribution in [2.75, 3.05) is 31.5 Å². The normalized spacial score (nSPS) is 14.8. The number of nitro benzene ring substituents is 1. The van der Waals surface area contributed by atoms with E-state index in [0.29, 0.717) is 23.8 Å². The Hall–Kier alpha value is -3.79. The van der Waals surface area contributed by atoms with Crippen molar-refractivity contribution in [2.45, 2.75) is 32.7 Å². The second-order valence-electron chi connectivity index (χ2n) is 9.19. The van der Waals surface area contributed by atoms with Gasteiger partial charge in [0.05, 0.1) is 17.0 Å². The molecule has 2 aromatic carbocycles. The van der Waals surface area contributed by atoms with E-state index in [4.69, 9.17) is 0 Å². The molecule has 0 bridgehead atoms. The molecule has 0 saturated carbocycles. The van der Waals surface area contributed by atoms with E-state index in [1.807, 2.05) is 42.8 Å². The molecule has 1 aliphatic heterocycles. The lowest BCUT2D eigenvalue weighted by Crippen LogP contribution is -2.42. The number of carbonyl (C=O) groups excluding carboxylic acids is 2. The Morgan fingerprint density at radius 3 is 2.46 bits per heavy atom. The van der Waals surface area contributed by atoms with Crippen LogP contribution >= 0.6 is 0 Å². The Morgan fingerprint density at radius 2 is 1.80 bits per heavy atom. The van der Waals surface area contributed by atoms with Crippen molar-refractivity contribution in [1.82, 2.24) is 20.0 Å². The van der Waals surface area contributed by atoms with E-state index in [0.717, 1.165) is 36.8 Å². The van der Waals surface area contributed by atoms with Gasteiger partial charge in [-0.25, -0.2) is 0 Å². The molecule has 0 aliphatic carbocycles. The fourth-order valence-electron chi connectivity index (χ4n) is 4.39. The van der Waals surface area contributed by atoms with Crippen molar-refractivity contribution in [3.63, 3.8) is 0 Å². The van der Waals surface area contributed by atoms with Crippen LogP contribution < -0.4 is 10.6 Å². The number of amides is 2. The number of piperidine rings is 1. The van der Waals surface area contributed by atoms with Gasteiger partial charge in [-0.1, -0.05) is 18.2 Å². The Labute approximate surface area is 203 Å². The number of nitrogens with one attached hydrogen (secondary N) is 2. The van der Waals surface area contributed by atoms with Gasteiger partial charge >= 0.3 is 0 Å². The van der Waals surface area contributed by atoms with Crippen LogP contribution in [0.1, 0.15) is 43.2 Å². The molecule has 4 rings (SSSR count). The summed E-state index contributed by atoms with van der Waals surface area (Å²) in [7, 11) is 0. The maximum atomic E-state index is 12.9. The quantitative estimate of drug-likeness (QED) is 0.377. The molecule has 3 aromatic rings. The average Bonchev–Trinajstić information content (AvgIpc) is 3.24. The molecule has 0 atom stereocenters. The number of aromatic nitrogens is 2. The van der Waals surface area contributed by atoms with Crippen LogP contribution in [0.2, 0.25) is 0 Å². The molecular formula is C25H30N6O4. The molecule has 1 aromatic heterocycles. The van der Waals surface area contributed by atoms with Crippen LogP contribution in [0.4, 0.5) is 11.4 Å². The third-order valence-corrected chi connectivity index (χ3v) is 6.31. The van der Waals surface area contributed by atoms with Crippen LogP contribution in [0, 0.1) is 16.0 Å². The summed E-state index contributed by atoms with van der Waals surface area (Å²) in [6, 6.07) is 13.7. The molecular weight excluding hydrogens is 448 g/mol. The minimum absolute atomic E-state index is 0.0152. The van der Waals surface area contributed by atoms with E-state index in [1.165, 1.54) is 24.3 Å². The number of hydrogen-bond acceptors (Lipinski definition) is 6. The number of fused-ring (bicyclic) bond motifs is 1. The molecule has 2 amide bonds. The Balaban J connectivity index is 1.24. The summed E-state index contributed by atoms with van der Waals surface area (Å²) < 4.78 is 1.88. The fraction of sp³-hybridized carbons (Fsp3) is 0.400. The van der Waals surface area contributed by atoms with Gasteiger partial charge in [-0.15, -0.1) is 0 Å². The monoisotopic (exact) mass is 478 g/mol. The van der Waals surface area contributed by atoms with Gasteiger partial charge < -0.3 is 10.6 Å². The Bertz CT molecular complexity index is 1210. The van der Waals surface area contributed by atoms with Crippen LogP contribution in [-0.4, -0.2) is 57.6 Å². The van der Waals surface area contributed by atoms with E-state index >= 15 is 0 Å². The van der Waals surface area contributed by atoms with Crippen LogP contribution in [0.3, 0.4) is 0 Å². The summed E-state index contributed by atoms with van der Waals surface area (Å²) in [6.45, 7) is 6.44. The van der Waals surface area contributed by atoms with Crippen molar-refractivity contribution in [3.05, 3.63) is 64.3 Å². The van der Waals surface area contributed by atoms with Crippen molar-refractivity contribution in [1.29, 1.82) is 0 Å². The van der Waals surface area contributed by atoms with Gasteiger partial charge in [0.15, 0.2) is 5.69 Å². The first-order valence-corrected chi connectivity index (χ1v) is 11.8. The molecule has 10 heteroatoms. The van der Waals surface area contributed by atoms with Crippen LogP contribution in [0.15, 0.2) is 48.5 Å². The van der Waals surface area contributed by atoms with E-state index in [1.54, 1.807) is 0 Å². The molecule has 35 heavy (non-hydrogen) atoms. The minimum atomic E-state index is -0.474. The smallest absolute Gasteiger partial charge is 0.272 e. The van der Waals surface area contributed by atoms with Gasteiger partial charge in [0, 0.05) is 35.8 Å². The lowest BCUT2D eigenvalue weighted by Gasteiger charge is -2.31. The summed E-state index contributed by atoms with van der Waals surface area (Å²) >= 11 is 0. The first kappa shape index (κ1) is 24.3. The zero-order valence-electron chi connectivity index (χ0n) is 19.9. The standard InChI is InChI=1S/C25H30N6O4/c1-17(2)30-22-6-4-3-5-21(22)24(28-30)25(33)26-15-18-11-13-29(14-12-18)16-23(32)27-19-7-9-20(10-8-19)31(34)35/h3-10,17-18H,11-16H2,1-2H3,(H,26,33)(H,27,32). The SMILES string of the molecule is CC(C)n1nc(C(=O)NCC2CCN(CC(=O)Nc3ccc([N+](=O)[O-])cc3)CC2)c2ccccc21. The molecule has 1 fully saturated rings. The summed E-state index contributed by atoms with van der Waals surface area (Å²) in [4.78, 5) is 37.6. The third kappa shape index (κ3) is 5.83. The second kappa shape index (κ2) is 10.6. The van der Waals surface area contributed by atoms with E-state index in [9.17, 15) is 19.7 Å². The summed E-state index contributed by atoms with van der Waals surface area (Å²) in [6.07, 6.45) is 1.76. The summed E-state index contributed by atoms with van der Waals surface area (Å²) in [5.41, 5.74) is 1.92. The largest absolute Gasteiger partial charge is 0.350 e. The summed E-state index contributed by atoms with van der Waals surface area (Å²) in [5, 5.41) is 22.0. The number of para-hydroxylation sites is 1. The van der Waals surface area contributed by atoms with Crippen molar-refractivity contribution >= 4 is 34.1 Å². The number of benzene rings is 2. The fourth-order valence-corrected chi connectivity index (χ4v) is 4.39. The number of rotatable bonds is 8. The molecule has 1 aliphatic rings. The van der Waals surface area contributed by atoms with E-state index < -0.39 is 4.92 Å². The molecule has 1 saturated heterocycles. The van der Waals surface area contributed by atoms with Gasteiger partial charge in [0.2, 0.25) is 5.91 Å². The van der Waals surface area contributed by atoms with E-state index in [-0.39, 0.29) is 30.1 Å². The van der Waals surface area contributed by atoms with Gasteiger partial charge in [-0.2, -0.15) is 5.10 Å². The van der Waals surface area contributed by atoms with Crippen LogP contribution in [-0.2, 0) is 4.79 Å². The topological polar surface area (TPSA) is 122 Å². The highest BCUT2D eigenvalue weighted by Gasteiger charge is 2.23. The first-order valence-electron chi connectivity index (χ1n) is 11.8. The molecule has 2 heterocycles. The molecule has 0 radical (unpaired) electrons. The minimum Gasteiger partial charge on any atom is -0.350 e. The number of nitro groups is 1. The molecule has 2 N–H and O–H groups in total. The van der Waals surface area contributed by atoms with Gasteiger partial charge in [-0.05, 0) is 63.9 Å². The average molecular weight is 479 g/mol. The number of nitrogens with zero attached hydrogens (tertiary/aromatic N) is 4. The molecule has 0 unspecified atom stereocenters. The third-order valence-electron chi connectivity index (χ3n) is 6.31. The maximum Gasteiger partial charge on any atom is 0.272 e. The number of anilines is 1. The van der Waals surface area contributed by atoms with Crippen LogP contribution in [0.25, 0.3) is 10.9 Å². The number of non-ortho nitro benzene ring substituents is 1. The zero-order chi connectivity index (χ0) is 24.9. The van der Waals surface area contributed by atoms with E-state index in [2.05, 4.69) is 20.6 Å². The molecule has 10 nitrogen and oxygen atoms in total. The van der Waals surface area contributed by atoms with Crippen molar-refractivity contribution < 1.29 is 14.5 Å². The van der Waals surface area contributed by atoms with Gasteiger partial charge in [0.25, 0.3) is 11.6 Å². The second-order valence-corrected chi connectivity index (χ2v) is 9.19. The highest BCUT2D eigenvalue weighted by Crippen LogP contribution is 2.22. The lowest BCUT2D eigenvalue weighted by molar-refractivity contribution is -0.384. The van der Waals surface area contributed by atoms with Crippen LogP contribution in [0.5, 0.6) is 0 Å². The highest BCUT2D eigenvalue weighted by molar-refractivity contribution is 6.04. The summed E-state index contributed by atoms with van der Waals surface area (Å²) in [5.74, 6) is 0.0233. The maximum absolute atomic E-state index is 12.9. The lowest BCUT2D eigenvalue weighted by atomic mass is 9.96.